The molecule has 0 unspecified atom stereocenters. The van der Waals surface area contributed by atoms with Crippen LogP contribution < -0.4 is 10.1 Å². The topological polar surface area (TPSA) is 75.6 Å². The molecule has 0 heterocycles. The summed E-state index contributed by atoms with van der Waals surface area (Å²) in [6, 6.07) is 4.79. The first kappa shape index (κ1) is 17.5. The molecule has 0 aliphatic rings. The fraction of sp³-hybridized carbons (Fsp3) is 0.467. The lowest BCUT2D eigenvalue weighted by atomic mass is 10.0. The van der Waals surface area contributed by atoms with E-state index in [2.05, 4.69) is 21.2 Å². The van der Waals surface area contributed by atoms with Gasteiger partial charge in [-0.3, -0.25) is 4.79 Å². The number of benzene rings is 1. The molecule has 0 fully saturated rings. The van der Waals surface area contributed by atoms with Crippen molar-refractivity contribution in [3.63, 3.8) is 0 Å². The minimum atomic E-state index is -1.03. The molecule has 21 heavy (non-hydrogen) atoms. The third kappa shape index (κ3) is 5.75. The van der Waals surface area contributed by atoms with E-state index >= 15 is 0 Å². The zero-order chi connectivity index (χ0) is 16.0. The van der Waals surface area contributed by atoms with E-state index in [1.54, 1.807) is 13.8 Å². The van der Waals surface area contributed by atoms with E-state index in [1.165, 1.54) is 0 Å². The van der Waals surface area contributed by atoms with Gasteiger partial charge in [-0.15, -0.1) is 0 Å². The van der Waals surface area contributed by atoms with Crippen LogP contribution in [0.15, 0.2) is 22.7 Å². The average Bonchev–Trinajstić information content (AvgIpc) is 2.37. The zero-order valence-electron chi connectivity index (χ0n) is 12.4. The van der Waals surface area contributed by atoms with Crippen molar-refractivity contribution in [2.75, 3.05) is 6.61 Å². The number of ether oxygens (including phenoxy) is 1. The van der Waals surface area contributed by atoms with E-state index in [4.69, 9.17) is 9.84 Å². The summed E-state index contributed by atoms with van der Waals surface area (Å²) in [4.78, 5) is 22.7. The molecule has 1 aromatic rings. The number of rotatable bonds is 7. The fourth-order valence-corrected chi connectivity index (χ4v) is 2.34. The zero-order valence-corrected chi connectivity index (χ0v) is 13.9. The molecule has 0 saturated heterocycles. The molecular formula is C15H20BrNO4. The number of nitrogens with one attached hydrogen (secondary N) is 1. The van der Waals surface area contributed by atoms with Crippen LogP contribution in [0.3, 0.4) is 0 Å². The number of carboxylic acids is 1. The molecule has 2 N–H and O–H groups in total. The SMILES string of the molecule is Cc1ccc(OCCC(=O)N[C@@H](C(=O)O)C(C)C)c(Br)c1. The van der Waals surface area contributed by atoms with Crippen LogP contribution in [0.2, 0.25) is 0 Å². The Morgan fingerprint density at radius 2 is 2.05 bits per heavy atom. The third-order valence-electron chi connectivity index (χ3n) is 2.92. The summed E-state index contributed by atoms with van der Waals surface area (Å²) in [5.74, 6) is -0.870. The van der Waals surface area contributed by atoms with Crippen LogP contribution in [-0.4, -0.2) is 29.6 Å². The van der Waals surface area contributed by atoms with Gasteiger partial charge in [0.05, 0.1) is 17.5 Å². The summed E-state index contributed by atoms with van der Waals surface area (Å²) in [6.07, 6.45) is 0.108. The van der Waals surface area contributed by atoms with Gasteiger partial charge in [-0.25, -0.2) is 4.79 Å². The largest absolute Gasteiger partial charge is 0.492 e. The number of halogens is 1. The standard InChI is InChI=1S/C15H20BrNO4/c1-9(2)14(15(19)20)17-13(18)6-7-21-12-5-4-10(3)8-11(12)16/h4-5,8-9,14H,6-7H2,1-3H3,(H,17,18)(H,19,20)/t14-/m1/s1. The molecule has 1 aromatic carbocycles. The third-order valence-corrected chi connectivity index (χ3v) is 3.54. The van der Waals surface area contributed by atoms with Gasteiger partial charge >= 0.3 is 5.97 Å². The lowest BCUT2D eigenvalue weighted by Gasteiger charge is -2.18. The molecular weight excluding hydrogens is 338 g/mol. The Bertz CT molecular complexity index is 516. The second-order valence-corrected chi connectivity index (χ2v) is 6.01. The van der Waals surface area contributed by atoms with Crippen LogP contribution in [0.1, 0.15) is 25.8 Å². The van der Waals surface area contributed by atoms with E-state index < -0.39 is 12.0 Å². The first-order valence-electron chi connectivity index (χ1n) is 6.72. The van der Waals surface area contributed by atoms with E-state index in [0.717, 1.165) is 10.0 Å². The van der Waals surface area contributed by atoms with Crippen molar-refractivity contribution in [1.82, 2.24) is 5.32 Å². The molecule has 5 nitrogen and oxygen atoms in total. The molecule has 6 heteroatoms. The lowest BCUT2D eigenvalue weighted by molar-refractivity contribution is -0.143. The first-order chi connectivity index (χ1) is 9.81. The average molecular weight is 358 g/mol. The normalized spacial score (nSPS) is 12.0. The van der Waals surface area contributed by atoms with E-state index in [0.29, 0.717) is 5.75 Å². The predicted molar refractivity (Wildman–Crippen MR) is 83.4 cm³/mol. The first-order valence-corrected chi connectivity index (χ1v) is 7.51. The highest BCUT2D eigenvalue weighted by atomic mass is 79.9. The van der Waals surface area contributed by atoms with Gasteiger partial charge in [0.25, 0.3) is 0 Å². The van der Waals surface area contributed by atoms with Gasteiger partial charge in [0.2, 0.25) is 5.91 Å². The highest BCUT2D eigenvalue weighted by Crippen LogP contribution is 2.25. The molecule has 1 rings (SSSR count). The van der Waals surface area contributed by atoms with Gasteiger partial charge in [0, 0.05) is 0 Å². The number of hydrogen-bond donors (Lipinski definition) is 2. The summed E-state index contributed by atoms with van der Waals surface area (Å²) >= 11 is 3.39. The summed E-state index contributed by atoms with van der Waals surface area (Å²) < 4.78 is 6.34. The van der Waals surface area contributed by atoms with Crippen LogP contribution in [0.25, 0.3) is 0 Å². The molecule has 0 aromatic heterocycles. The number of carboxylic acid groups (broad SMARTS) is 1. The van der Waals surface area contributed by atoms with Crippen LogP contribution >= 0.6 is 15.9 Å². The van der Waals surface area contributed by atoms with Gasteiger partial charge in [0.1, 0.15) is 11.8 Å². The maximum atomic E-state index is 11.7. The number of amides is 1. The van der Waals surface area contributed by atoms with Crippen molar-refractivity contribution in [3.8, 4) is 5.75 Å². The summed E-state index contributed by atoms with van der Waals surface area (Å²) in [6.45, 7) is 5.66. The van der Waals surface area contributed by atoms with Crippen LogP contribution in [0.4, 0.5) is 0 Å². The summed E-state index contributed by atoms with van der Waals surface area (Å²) in [5, 5.41) is 11.5. The quantitative estimate of drug-likeness (QED) is 0.786. The number of carbonyl (C=O) groups excluding carboxylic acids is 1. The predicted octanol–water partition coefficient (Wildman–Crippen LogP) is 2.75. The van der Waals surface area contributed by atoms with Crippen molar-refractivity contribution >= 4 is 27.8 Å². The molecule has 116 valence electrons. The summed E-state index contributed by atoms with van der Waals surface area (Å²) in [5.41, 5.74) is 1.10. The number of aryl methyl sites for hydroxylation is 1. The maximum Gasteiger partial charge on any atom is 0.326 e. The van der Waals surface area contributed by atoms with Gasteiger partial charge < -0.3 is 15.2 Å². The van der Waals surface area contributed by atoms with E-state index in [1.807, 2.05) is 25.1 Å². The van der Waals surface area contributed by atoms with E-state index in [-0.39, 0.29) is 24.9 Å². The van der Waals surface area contributed by atoms with Gasteiger partial charge in [-0.1, -0.05) is 19.9 Å². The Labute approximate surface area is 132 Å². The Balaban J connectivity index is 2.44. The van der Waals surface area contributed by atoms with Gasteiger partial charge in [-0.2, -0.15) is 0 Å². The van der Waals surface area contributed by atoms with Crippen molar-refractivity contribution in [2.24, 2.45) is 5.92 Å². The number of hydrogen-bond acceptors (Lipinski definition) is 3. The van der Waals surface area contributed by atoms with Crippen LogP contribution in [0.5, 0.6) is 5.75 Å². The molecule has 0 aliphatic heterocycles. The second-order valence-electron chi connectivity index (χ2n) is 5.16. The Hall–Kier alpha value is -1.56. The van der Waals surface area contributed by atoms with Crippen molar-refractivity contribution in [1.29, 1.82) is 0 Å². The Morgan fingerprint density at radius 3 is 2.57 bits per heavy atom. The lowest BCUT2D eigenvalue weighted by Crippen LogP contribution is -2.44. The van der Waals surface area contributed by atoms with Crippen molar-refractivity contribution in [2.45, 2.75) is 33.2 Å². The second kappa shape index (κ2) is 8.02. The summed E-state index contributed by atoms with van der Waals surface area (Å²) in [7, 11) is 0. The highest BCUT2D eigenvalue weighted by molar-refractivity contribution is 9.10. The molecule has 0 aliphatic carbocycles. The smallest absolute Gasteiger partial charge is 0.326 e. The fourth-order valence-electron chi connectivity index (χ4n) is 1.74. The minimum Gasteiger partial charge on any atom is -0.492 e. The van der Waals surface area contributed by atoms with Crippen LogP contribution in [0, 0.1) is 12.8 Å². The highest BCUT2D eigenvalue weighted by Gasteiger charge is 2.23. The molecule has 0 bridgehead atoms. The number of aliphatic carboxylic acids is 1. The Morgan fingerprint density at radius 1 is 1.38 bits per heavy atom. The molecule has 0 saturated carbocycles. The van der Waals surface area contributed by atoms with Crippen molar-refractivity contribution in [3.05, 3.63) is 28.2 Å². The molecule has 1 atom stereocenters. The monoisotopic (exact) mass is 357 g/mol. The molecule has 1 amide bonds. The van der Waals surface area contributed by atoms with E-state index in [9.17, 15) is 9.59 Å². The maximum absolute atomic E-state index is 11.7. The van der Waals surface area contributed by atoms with Gasteiger partial charge in [-0.05, 0) is 46.5 Å². The van der Waals surface area contributed by atoms with Gasteiger partial charge in [0.15, 0.2) is 0 Å². The molecule has 0 radical (unpaired) electrons. The molecule has 0 spiro atoms. The van der Waals surface area contributed by atoms with Crippen molar-refractivity contribution < 1.29 is 19.4 Å². The Kier molecular flexibility index (Phi) is 6.68. The van der Waals surface area contributed by atoms with Crippen LogP contribution in [-0.2, 0) is 9.59 Å². The minimum absolute atomic E-state index is 0.108. The number of carbonyl (C=O) groups is 2.